The topological polar surface area (TPSA) is 17.1 Å². The van der Waals surface area contributed by atoms with Crippen molar-refractivity contribution in [3.8, 4) is 10.4 Å². The van der Waals surface area contributed by atoms with E-state index in [0.717, 1.165) is 22.6 Å². The summed E-state index contributed by atoms with van der Waals surface area (Å²) in [5, 5.41) is 0.377. The van der Waals surface area contributed by atoms with Gasteiger partial charge in [-0.25, -0.2) is 4.39 Å². The van der Waals surface area contributed by atoms with E-state index in [9.17, 15) is 9.18 Å². The Morgan fingerprint density at radius 2 is 2.06 bits per heavy atom. The number of hydrogen-bond acceptors (Lipinski definition) is 2. The Labute approximate surface area is 113 Å². The van der Waals surface area contributed by atoms with Crippen LogP contribution in [-0.4, -0.2) is 5.78 Å². The molecule has 0 N–H and O–H groups in total. The van der Waals surface area contributed by atoms with Crippen LogP contribution in [0.4, 0.5) is 4.39 Å². The zero-order chi connectivity index (χ0) is 12.7. The first kappa shape index (κ1) is 11.9. The highest BCUT2D eigenvalue weighted by molar-refractivity contribution is 7.17. The lowest BCUT2D eigenvalue weighted by Crippen LogP contribution is -1.96. The maximum absolute atomic E-state index is 13.8. The number of hydrogen-bond donors (Lipinski definition) is 0. The lowest BCUT2D eigenvalue weighted by Gasteiger charge is -2.00. The van der Waals surface area contributed by atoms with Gasteiger partial charge >= 0.3 is 0 Å². The summed E-state index contributed by atoms with van der Waals surface area (Å²) in [6.45, 7) is 0. The second kappa shape index (κ2) is 4.48. The average Bonchev–Trinajstić information content (AvgIpc) is 3.07. The predicted molar refractivity (Wildman–Crippen MR) is 71.8 cm³/mol. The van der Waals surface area contributed by atoms with Gasteiger partial charge in [0.1, 0.15) is 5.82 Å². The first-order valence-electron chi connectivity index (χ1n) is 5.74. The van der Waals surface area contributed by atoms with E-state index < -0.39 is 0 Å². The molecule has 0 atom stereocenters. The smallest absolute Gasteiger partial charge is 0.175 e. The molecule has 1 saturated carbocycles. The Hall–Kier alpha value is -1.19. The van der Waals surface area contributed by atoms with Crippen LogP contribution in [0.15, 0.2) is 30.3 Å². The van der Waals surface area contributed by atoms with E-state index in [0.29, 0.717) is 10.6 Å². The van der Waals surface area contributed by atoms with E-state index in [-0.39, 0.29) is 17.5 Å². The highest BCUT2D eigenvalue weighted by Gasteiger charge is 2.31. The van der Waals surface area contributed by atoms with Crippen molar-refractivity contribution < 1.29 is 9.18 Å². The minimum Gasteiger partial charge on any atom is -0.293 e. The van der Waals surface area contributed by atoms with Crippen LogP contribution < -0.4 is 0 Å². The normalized spacial score (nSPS) is 14.8. The minimum atomic E-state index is -0.352. The summed E-state index contributed by atoms with van der Waals surface area (Å²) in [7, 11) is 0. The van der Waals surface area contributed by atoms with E-state index in [1.54, 1.807) is 24.3 Å². The van der Waals surface area contributed by atoms with Crippen molar-refractivity contribution in [3.05, 3.63) is 46.0 Å². The van der Waals surface area contributed by atoms with Crippen molar-refractivity contribution in [1.29, 1.82) is 0 Å². The Morgan fingerprint density at radius 1 is 1.28 bits per heavy atom. The van der Waals surface area contributed by atoms with Gasteiger partial charge in [-0.15, -0.1) is 11.3 Å². The van der Waals surface area contributed by atoms with E-state index in [1.165, 1.54) is 17.4 Å². The van der Waals surface area contributed by atoms with E-state index in [4.69, 9.17) is 11.6 Å². The molecule has 18 heavy (non-hydrogen) atoms. The quantitative estimate of drug-likeness (QED) is 0.738. The van der Waals surface area contributed by atoms with Gasteiger partial charge < -0.3 is 0 Å². The molecule has 0 spiro atoms. The fraction of sp³-hybridized carbons (Fsp3) is 0.214. The summed E-state index contributed by atoms with van der Waals surface area (Å²) in [6, 6.07) is 8.18. The van der Waals surface area contributed by atoms with Crippen LogP contribution in [-0.2, 0) is 0 Å². The zero-order valence-corrected chi connectivity index (χ0v) is 11.0. The lowest BCUT2D eigenvalue weighted by molar-refractivity contribution is 0.0971. The third kappa shape index (κ3) is 2.20. The van der Waals surface area contributed by atoms with Crippen LogP contribution in [0, 0.1) is 11.7 Å². The van der Waals surface area contributed by atoms with Crippen LogP contribution in [0.2, 0.25) is 5.02 Å². The molecule has 4 heteroatoms. The largest absolute Gasteiger partial charge is 0.293 e. The summed E-state index contributed by atoms with van der Waals surface area (Å²) < 4.78 is 13.8. The van der Waals surface area contributed by atoms with Crippen LogP contribution in [0.3, 0.4) is 0 Å². The van der Waals surface area contributed by atoms with Crippen LogP contribution >= 0.6 is 22.9 Å². The van der Waals surface area contributed by atoms with Gasteiger partial charge in [-0.2, -0.15) is 0 Å². The Bertz CT molecular complexity index is 616. The molecule has 92 valence electrons. The maximum atomic E-state index is 13.8. The molecule has 1 aliphatic rings. The molecule has 0 aliphatic heterocycles. The predicted octanol–water partition coefficient (Wildman–Crippen LogP) is 4.80. The van der Waals surface area contributed by atoms with E-state index in [1.807, 2.05) is 0 Å². The van der Waals surface area contributed by atoms with Gasteiger partial charge in [-0.05, 0) is 43.2 Å². The maximum Gasteiger partial charge on any atom is 0.175 e. The SMILES string of the molecule is O=C(c1ccc(-c2ccc(Cl)cc2F)s1)C1CC1. The molecule has 0 saturated heterocycles. The molecule has 1 fully saturated rings. The van der Waals surface area contributed by atoms with Crippen molar-refractivity contribution in [2.24, 2.45) is 5.92 Å². The number of rotatable bonds is 3. The molecule has 0 amide bonds. The Kier molecular flexibility index (Phi) is 2.96. The van der Waals surface area contributed by atoms with Crippen LogP contribution in [0.5, 0.6) is 0 Å². The third-order valence-corrected chi connectivity index (χ3v) is 4.36. The standard InChI is InChI=1S/C14H10ClFOS/c15-9-3-4-10(11(16)7-9)12-5-6-13(18-12)14(17)8-1-2-8/h3-8H,1-2H2. The second-order valence-electron chi connectivity index (χ2n) is 4.43. The number of carbonyl (C=O) groups is 1. The van der Waals surface area contributed by atoms with Gasteiger partial charge in [0.05, 0.1) is 4.88 Å². The fourth-order valence-electron chi connectivity index (χ4n) is 1.85. The first-order chi connectivity index (χ1) is 8.65. The monoisotopic (exact) mass is 280 g/mol. The number of benzene rings is 1. The van der Waals surface area contributed by atoms with Gasteiger partial charge in [0, 0.05) is 21.4 Å². The number of carbonyl (C=O) groups excluding carboxylic acids is 1. The minimum absolute atomic E-state index is 0.195. The van der Waals surface area contributed by atoms with Gasteiger partial charge in [-0.1, -0.05) is 11.6 Å². The average molecular weight is 281 g/mol. The summed E-state index contributed by atoms with van der Waals surface area (Å²) >= 11 is 7.07. The van der Waals surface area contributed by atoms with E-state index >= 15 is 0 Å². The molecular weight excluding hydrogens is 271 g/mol. The summed E-state index contributed by atoms with van der Waals surface area (Å²) in [6.07, 6.45) is 1.97. The Balaban J connectivity index is 1.94. The molecular formula is C14H10ClFOS. The summed E-state index contributed by atoms with van der Waals surface area (Å²) in [5.41, 5.74) is 0.499. The molecule has 1 aromatic carbocycles. The number of thiophene rings is 1. The van der Waals surface area contributed by atoms with Gasteiger partial charge in [0.2, 0.25) is 0 Å². The number of halogens is 2. The molecule has 2 aromatic rings. The molecule has 1 nitrogen and oxygen atoms in total. The fourth-order valence-corrected chi connectivity index (χ4v) is 3.06. The van der Waals surface area contributed by atoms with Crippen molar-refractivity contribution in [3.63, 3.8) is 0 Å². The van der Waals surface area contributed by atoms with Crippen molar-refractivity contribution in [1.82, 2.24) is 0 Å². The van der Waals surface area contributed by atoms with Crippen LogP contribution in [0.1, 0.15) is 22.5 Å². The second-order valence-corrected chi connectivity index (χ2v) is 5.95. The lowest BCUT2D eigenvalue weighted by atomic mass is 10.1. The molecule has 0 bridgehead atoms. The van der Waals surface area contributed by atoms with Gasteiger partial charge in [-0.3, -0.25) is 4.79 Å². The van der Waals surface area contributed by atoms with Crippen molar-refractivity contribution in [2.45, 2.75) is 12.8 Å². The Morgan fingerprint density at radius 3 is 2.72 bits per heavy atom. The molecule has 1 aliphatic carbocycles. The molecule has 0 radical (unpaired) electrons. The molecule has 0 unspecified atom stereocenters. The zero-order valence-electron chi connectivity index (χ0n) is 9.45. The van der Waals surface area contributed by atoms with Gasteiger partial charge in [0.15, 0.2) is 5.78 Å². The first-order valence-corrected chi connectivity index (χ1v) is 6.94. The van der Waals surface area contributed by atoms with Gasteiger partial charge in [0.25, 0.3) is 0 Å². The van der Waals surface area contributed by atoms with Crippen molar-refractivity contribution in [2.75, 3.05) is 0 Å². The van der Waals surface area contributed by atoms with E-state index in [2.05, 4.69) is 0 Å². The molecule has 1 aromatic heterocycles. The molecule has 3 rings (SSSR count). The summed E-state index contributed by atoms with van der Waals surface area (Å²) in [4.78, 5) is 13.4. The third-order valence-electron chi connectivity index (χ3n) is 2.99. The summed E-state index contributed by atoms with van der Waals surface area (Å²) in [5.74, 6) is 0.0435. The number of Topliss-reactive ketones (excluding diaryl/α,β-unsaturated/α-hetero) is 1. The number of ketones is 1. The highest BCUT2D eigenvalue weighted by Crippen LogP contribution is 2.37. The highest BCUT2D eigenvalue weighted by atomic mass is 35.5. The molecule has 1 heterocycles. The van der Waals surface area contributed by atoms with Crippen LogP contribution in [0.25, 0.3) is 10.4 Å². The van der Waals surface area contributed by atoms with Crippen molar-refractivity contribution >= 4 is 28.7 Å².